The molecule has 4 bridgehead atoms. The van der Waals surface area contributed by atoms with Crippen molar-refractivity contribution < 1.29 is 19.4 Å². The Morgan fingerprint density at radius 3 is 2.29 bits per heavy atom. The van der Waals surface area contributed by atoms with Gasteiger partial charge < -0.3 is 20.5 Å². The van der Waals surface area contributed by atoms with E-state index in [0.717, 1.165) is 37.8 Å². The summed E-state index contributed by atoms with van der Waals surface area (Å²) in [5, 5.41) is 16.7. The van der Waals surface area contributed by atoms with Crippen LogP contribution in [0.1, 0.15) is 74.2 Å². The molecule has 0 radical (unpaired) electrons. The number of amides is 2. The number of hydrogen-bond donors (Lipinski definition) is 3. The lowest BCUT2D eigenvalue weighted by Crippen LogP contribution is -2.70. The van der Waals surface area contributed by atoms with Crippen LogP contribution >= 0.6 is 0 Å². The van der Waals surface area contributed by atoms with Crippen molar-refractivity contribution >= 4 is 12.0 Å². The summed E-state index contributed by atoms with van der Waals surface area (Å²) >= 11 is 0. The van der Waals surface area contributed by atoms with Crippen LogP contribution in [0.3, 0.4) is 0 Å². The smallest absolute Gasteiger partial charge is 0.391 e. The third kappa shape index (κ3) is 4.51. The van der Waals surface area contributed by atoms with Gasteiger partial charge in [-0.3, -0.25) is 4.79 Å². The van der Waals surface area contributed by atoms with Crippen LogP contribution < -0.4 is 15.4 Å². The highest BCUT2D eigenvalue weighted by atomic mass is 16.6. The van der Waals surface area contributed by atoms with Gasteiger partial charge in [0.1, 0.15) is 11.3 Å². The molecule has 4 aliphatic rings. The highest BCUT2D eigenvalue weighted by molar-refractivity contribution is 5.93. The maximum Gasteiger partial charge on any atom is 0.414 e. The molecule has 4 fully saturated rings. The maximum absolute atomic E-state index is 13.2. The second-order valence-electron chi connectivity index (χ2n) is 11.1. The first kappa shape index (κ1) is 22.8. The number of carbonyl (C=O) groups excluding carboxylic acids is 2. The van der Waals surface area contributed by atoms with Gasteiger partial charge in [0.2, 0.25) is 5.88 Å². The molecule has 0 spiro atoms. The third-order valence-corrected chi connectivity index (χ3v) is 7.48. The lowest BCUT2D eigenvalue weighted by atomic mass is 9.50. The summed E-state index contributed by atoms with van der Waals surface area (Å²) in [6.45, 7) is 5.15. The van der Waals surface area contributed by atoms with Crippen molar-refractivity contribution in [2.24, 2.45) is 11.8 Å². The molecule has 0 aromatic carbocycles. The molecule has 8 heteroatoms. The molecular formula is C26H32N4O4. The third-order valence-electron chi connectivity index (χ3n) is 7.48. The Hall–Kier alpha value is -3.00. The number of hydrogen-bond acceptors (Lipinski definition) is 6. The summed E-state index contributed by atoms with van der Waals surface area (Å²) in [5.74, 6) is 0.918. The second kappa shape index (κ2) is 8.05. The van der Waals surface area contributed by atoms with Gasteiger partial charge in [-0.2, -0.15) is 0 Å². The molecule has 2 aromatic heterocycles. The Labute approximate surface area is 199 Å². The molecule has 2 heterocycles. The molecule has 4 saturated carbocycles. The molecule has 0 saturated heterocycles. The summed E-state index contributed by atoms with van der Waals surface area (Å²) in [5.41, 5.74) is -0.386. The van der Waals surface area contributed by atoms with E-state index < -0.39 is 17.2 Å². The number of carbonyl (C=O) groups is 2. The van der Waals surface area contributed by atoms with E-state index in [1.165, 1.54) is 0 Å². The van der Waals surface area contributed by atoms with Gasteiger partial charge >= 0.3 is 6.09 Å². The van der Waals surface area contributed by atoms with Gasteiger partial charge in [0.15, 0.2) is 0 Å². The monoisotopic (exact) mass is 464 g/mol. The average molecular weight is 465 g/mol. The minimum atomic E-state index is -1.13. The first-order valence-electron chi connectivity index (χ1n) is 12.0. The van der Waals surface area contributed by atoms with E-state index in [9.17, 15) is 14.7 Å². The Balaban J connectivity index is 1.32. The number of pyridine rings is 2. The number of nitrogens with zero attached hydrogens (tertiary/aromatic N) is 2. The molecule has 6 rings (SSSR count). The first-order valence-corrected chi connectivity index (χ1v) is 12.0. The van der Waals surface area contributed by atoms with Gasteiger partial charge in [-0.25, -0.2) is 14.8 Å². The van der Waals surface area contributed by atoms with Crippen molar-refractivity contribution in [3.63, 3.8) is 0 Å². The van der Waals surface area contributed by atoms with Crippen LogP contribution in [0, 0.1) is 18.8 Å². The van der Waals surface area contributed by atoms with E-state index in [0.29, 0.717) is 29.6 Å². The fraction of sp³-hybridized carbons (Fsp3) is 0.538. The first-order chi connectivity index (χ1) is 16.0. The standard InChI is InChI=1S/C26H32N4O4/c1-16-6-4-9-21(27-16)34-23(32)30-26-13-17-10-18(14-26)12-25(11-17,15-26)29-22(31)19-7-5-8-20(28-19)24(2,3)33/h4-9,17-18,33H,10-15H2,1-3H3,(H,29,31)(H,30,32). The summed E-state index contributed by atoms with van der Waals surface area (Å²) in [6, 6.07) is 10.5. The van der Waals surface area contributed by atoms with Crippen molar-refractivity contribution in [1.29, 1.82) is 0 Å². The number of nitrogens with one attached hydrogen (secondary N) is 2. The van der Waals surface area contributed by atoms with Crippen LogP contribution in [0.15, 0.2) is 36.4 Å². The van der Waals surface area contributed by atoms with Gasteiger partial charge in [0.25, 0.3) is 5.91 Å². The minimum absolute atomic E-state index is 0.241. The molecule has 2 unspecified atom stereocenters. The molecule has 2 atom stereocenters. The molecule has 0 aliphatic heterocycles. The lowest BCUT2D eigenvalue weighted by molar-refractivity contribution is -0.0450. The predicted octanol–water partition coefficient (Wildman–Crippen LogP) is 3.62. The predicted molar refractivity (Wildman–Crippen MR) is 125 cm³/mol. The topological polar surface area (TPSA) is 113 Å². The Bertz CT molecular complexity index is 1110. The molecule has 2 aromatic rings. The number of rotatable bonds is 5. The summed E-state index contributed by atoms with van der Waals surface area (Å²) < 4.78 is 5.48. The SMILES string of the molecule is Cc1cccc(OC(=O)NC23CC4CC(C2)CC(NC(=O)c2cccc(C(C)(C)O)n2)(C4)C3)n1. The maximum atomic E-state index is 13.2. The second-order valence-corrected chi connectivity index (χ2v) is 11.1. The quantitative estimate of drug-likeness (QED) is 0.623. The lowest BCUT2D eigenvalue weighted by Gasteiger charge is -2.61. The summed E-state index contributed by atoms with van der Waals surface area (Å²) in [6.07, 6.45) is 4.88. The van der Waals surface area contributed by atoms with Gasteiger partial charge in [0.05, 0.1) is 5.69 Å². The highest BCUT2D eigenvalue weighted by Gasteiger charge is 2.59. The van der Waals surface area contributed by atoms with Crippen molar-refractivity contribution in [2.45, 2.75) is 76.0 Å². The zero-order chi connectivity index (χ0) is 24.1. The molecule has 2 amide bonds. The van der Waals surface area contributed by atoms with Crippen molar-refractivity contribution in [2.75, 3.05) is 0 Å². The molecular weight excluding hydrogens is 432 g/mol. The van der Waals surface area contributed by atoms with E-state index in [1.807, 2.05) is 13.0 Å². The highest BCUT2D eigenvalue weighted by Crippen LogP contribution is 2.57. The van der Waals surface area contributed by atoms with Crippen LogP contribution in [-0.2, 0) is 5.60 Å². The van der Waals surface area contributed by atoms with Crippen LogP contribution in [-0.4, -0.2) is 38.2 Å². The van der Waals surface area contributed by atoms with Crippen molar-refractivity contribution in [1.82, 2.24) is 20.6 Å². The average Bonchev–Trinajstić information content (AvgIpc) is 2.71. The largest absolute Gasteiger partial charge is 0.414 e. The molecule has 8 nitrogen and oxygen atoms in total. The molecule has 34 heavy (non-hydrogen) atoms. The number of aryl methyl sites for hydroxylation is 1. The Morgan fingerprint density at radius 1 is 1.00 bits per heavy atom. The molecule has 180 valence electrons. The van der Waals surface area contributed by atoms with Gasteiger partial charge in [0, 0.05) is 22.8 Å². The van der Waals surface area contributed by atoms with E-state index in [1.54, 1.807) is 44.2 Å². The van der Waals surface area contributed by atoms with Crippen LogP contribution in [0.4, 0.5) is 4.79 Å². The Morgan fingerprint density at radius 2 is 1.65 bits per heavy atom. The van der Waals surface area contributed by atoms with E-state index >= 15 is 0 Å². The summed E-state index contributed by atoms with van der Waals surface area (Å²) in [7, 11) is 0. The van der Waals surface area contributed by atoms with Crippen LogP contribution in [0.25, 0.3) is 0 Å². The van der Waals surface area contributed by atoms with Crippen LogP contribution in [0.5, 0.6) is 5.88 Å². The zero-order valence-corrected chi connectivity index (χ0v) is 19.9. The van der Waals surface area contributed by atoms with Gasteiger partial charge in [-0.15, -0.1) is 0 Å². The Kier molecular flexibility index (Phi) is 5.39. The number of ether oxygens (including phenoxy) is 1. The molecule has 3 N–H and O–H groups in total. The fourth-order valence-electron chi connectivity index (χ4n) is 6.67. The summed E-state index contributed by atoms with van der Waals surface area (Å²) in [4.78, 5) is 34.7. The van der Waals surface area contributed by atoms with Crippen molar-refractivity contribution in [3.05, 3.63) is 53.5 Å². The van der Waals surface area contributed by atoms with E-state index in [-0.39, 0.29) is 17.3 Å². The van der Waals surface area contributed by atoms with Gasteiger partial charge in [-0.05, 0) is 89.3 Å². The fourth-order valence-corrected chi connectivity index (χ4v) is 6.67. The zero-order valence-electron chi connectivity index (χ0n) is 19.9. The minimum Gasteiger partial charge on any atom is -0.391 e. The number of aromatic nitrogens is 2. The van der Waals surface area contributed by atoms with Gasteiger partial charge in [-0.1, -0.05) is 12.1 Å². The van der Waals surface area contributed by atoms with E-state index in [2.05, 4.69) is 20.6 Å². The van der Waals surface area contributed by atoms with Crippen LogP contribution in [0.2, 0.25) is 0 Å². The normalized spacial score (nSPS) is 29.5. The molecule has 4 aliphatic carbocycles. The van der Waals surface area contributed by atoms with E-state index in [4.69, 9.17) is 4.74 Å². The van der Waals surface area contributed by atoms with Crippen molar-refractivity contribution in [3.8, 4) is 5.88 Å². The number of aliphatic hydroxyl groups is 1.